The van der Waals surface area contributed by atoms with Gasteiger partial charge >= 0.3 is 0 Å². The second-order valence-electron chi connectivity index (χ2n) is 4.32. The normalized spacial score (nSPS) is 12.8. The van der Waals surface area contributed by atoms with Gasteiger partial charge in [-0.2, -0.15) is 0 Å². The van der Waals surface area contributed by atoms with Crippen LogP contribution in [-0.4, -0.2) is 35.2 Å². The third kappa shape index (κ3) is 3.47. The molecule has 0 saturated carbocycles. The Morgan fingerprint density at radius 1 is 1.21 bits per heavy atom. The molecule has 0 amide bonds. The molecule has 1 atom stereocenters. The molecule has 0 fully saturated rings. The second kappa shape index (κ2) is 6.06. The third-order valence-corrected chi connectivity index (χ3v) is 4.01. The zero-order valence-electron chi connectivity index (χ0n) is 11.5. The summed E-state index contributed by atoms with van der Waals surface area (Å²) in [6, 6.07) is 3.05. The Morgan fingerprint density at radius 3 is 2.21 bits per heavy atom. The highest BCUT2D eigenvalue weighted by Gasteiger charge is 2.21. The molecule has 0 aliphatic carbocycles. The standard InChI is InChI=1S/C13H18O5S/c1-9(5-6-14)10-7-12(18-3)13(19(4,15)16)8-11(10)17-2/h6-9H,5H2,1-4H3. The van der Waals surface area contributed by atoms with Crippen LogP contribution >= 0.6 is 0 Å². The van der Waals surface area contributed by atoms with Gasteiger partial charge in [-0.25, -0.2) is 8.42 Å². The van der Waals surface area contributed by atoms with Gasteiger partial charge in [-0.1, -0.05) is 6.92 Å². The summed E-state index contributed by atoms with van der Waals surface area (Å²) in [5, 5.41) is 0. The van der Waals surface area contributed by atoms with Gasteiger partial charge in [0.25, 0.3) is 0 Å². The molecular weight excluding hydrogens is 268 g/mol. The van der Waals surface area contributed by atoms with Crippen LogP contribution in [0.2, 0.25) is 0 Å². The molecule has 0 saturated heterocycles. The van der Waals surface area contributed by atoms with Crippen LogP contribution in [0.3, 0.4) is 0 Å². The van der Waals surface area contributed by atoms with Crippen molar-refractivity contribution >= 4 is 16.1 Å². The minimum atomic E-state index is -3.41. The van der Waals surface area contributed by atoms with Crippen LogP contribution in [0.1, 0.15) is 24.8 Å². The third-order valence-electron chi connectivity index (χ3n) is 2.90. The van der Waals surface area contributed by atoms with E-state index in [1.165, 1.54) is 20.3 Å². The Hall–Kier alpha value is -1.56. The van der Waals surface area contributed by atoms with E-state index in [1.807, 2.05) is 6.92 Å². The maximum atomic E-state index is 11.7. The number of carbonyl (C=O) groups is 1. The lowest BCUT2D eigenvalue weighted by atomic mass is 9.97. The highest BCUT2D eigenvalue weighted by molar-refractivity contribution is 7.90. The summed E-state index contributed by atoms with van der Waals surface area (Å²) in [4.78, 5) is 10.7. The van der Waals surface area contributed by atoms with Gasteiger partial charge in [0.15, 0.2) is 9.84 Å². The monoisotopic (exact) mass is 286 g/mol. The van der Waals surface area contributed by atoms with Gasteiger partial charge in [-0.15, -0.1) is 0 Å². The van der Waals surface area contributed by atoms with Crippen molar-refractivity contribution in [2.24, 2.45) is 0 Å². The Morgan fingerprint density at radius 2 is 1.79 bits per heavy atom. The van der Waals surface area contributed by atoms with Gasteiger partial charge in [-0.3, -0.25) is 0 Å². The molecule has 0 radical (unpaired) electrons. The fraction of sp³-hybridized carbons (Fsp3) is 0.462. The van der Waals surface area contributed by atoms with E-state index in [4.69, 9.17) is 9.47 Å². The summed E-state index contributed by atoms with van der Waals surface area (Å²) in [5.74, 6) is 0.626. The van der Waals surface area contributed by atoms with E-state index in [9.17, 15) is 13.2 Å². The smallest absolute Gasteiger partial charge is 0.179 e. The zero-order valence-corrected chi connectivity index (χ0v) is 12.3. The molecule has 0 heterocycles. The number of hydrogen-bond acceptors (Lipinski definition) is 5. The first-order chi connectivity index (χ1) is 8.85. The number of sulfone groups is 1. The first kappa shape index (κ1) is 15.5. The second-order valence-corrected chi connectivity index (χ2v) is 6.30. The largest absolute Gasteiger partial charge is 0.496 e. The minimum Gasteiger partial charge on any atom is -0.496 e. The number of methoxy groups -OCH3 is 2. The van der Waals surface area contributed by atoms with E-state index in [1.54, 1.807) is 6.07 Å². The molecule has 1 unspecified atom stereocenters. The summed E-state index contributed by atoms with van der Waals surface area (Å²) >= 11 is 0. The molecule has 6 heteroatoms. The Labute approximate surface area is 113 Å². The van der Waals surface area contributed by atoms with Gasteiger partial charge in [-0.05, 0) is 12.0 Å². The zero-order chi connectivity index (χ0) is 14.6. The van der Waals surface area contributed by atoms with Crippen LogP contribution < -0.4 is 9.47 Å². The molecule has 19 heavy (non-hydrogen) atoms. The first-order valence-corrected chi connectivity index (χ1v) is 7.63. The quantitative estimate of drug-likeness (QED) is 0.746. The number of carbonyl (C=O) groups excluding carboxylic acids is 1. The Bertz CT molecular complexity index is 563. The summed E-state index contributed by atoms with van der Waals surface area (Å²) in [5.41, 5.74) is 0.749. The number of hydrogen-bond donors (Lipinski definition) is 0. The molecule has 1 rings (SSSR count). The van der Waals surface area contributed by atoms with Crippen molar-refractivity contribution in [2.45, 2.75) is 24.2 Å². The molecule has 0 bridgehead atoms. The molecule has 106 valence electrons. The first-order valence-electron chi connectivity index (χ1n) is 5.74. The van der Waals surface area contributed by atoms with Crippen molar-refractivity contribution in [3.63, 3.8) is 0 Å². The number of aldehydes is 1. The molecule has 0 aliphatic heterocycles. The highest BCUT2D eigenvalue weighted by atomic mass is 32.2. The Balaban J connectivity index is 3.48. The molecule has 5 nitrogen and oxygen atoms in total. The van der Waals surface area contributed by atoms with Gasteiger partial charge in [0, 0.05) is 24.3 Å². The fourth-order valence-corrected chi connectivity index (χ4v) is 2.67. The minimum absolute atomic E-state index is 0.0741. The number of ether oxygens (including phenoxy) is 2. The molecule has 1 aromatic rings. The lowest BCUT2D eigenvalue weighted by Gasteiger charge is -2.17. The summed E-state index contributed by atoms with van der Waals surface area (Å²) < 4.78 is 33.7. The topological polar surface area (TPSA) is 69.7 Å². The lowest BCUT2D eigenvalue weighted by molar-refractivity contribution is -0.108. The van der Waals surface area contributed by atoms with Crippen molar-refractivity contribution in [3.8, 4) is 11.5 Å². The average molecular weight is 286 g/mol. The average Bonchev–Trinajstić information content (AvgIpc) is 2.36. The van der Waals surface area contributed by atoms with Crippen LogP contribution in [0.25, 0.3) is 0 Å². The van der Waals surface area contributed by atoms with Crippen LogP contribution in [0.4, 0.5) is 0 Å². The van der Waals surface area contributed by atoms with Gasteiger partial charge in [0.1, 0.15) is 22.7 Å². The molecule has 0 aliphatic rings. The number of rotatable bonds is 6. The Kier molecular flexibility index (Phi) is 4.94. The predicted molar refractivity (Wildman–Crippen MR) is 71.8 cm³/mol. The van der Waals surface area contributed by atoms with Crippen LogP contribution in [-0.2, 0) is 14.6 Å². The van der Waals surface area contributed by atoms with Gasteiger partial charge in [0.2, 0.25) is 0 Å². The number of benzene rings is 1. The van der Waals surface area contributed by atoms with Crippen molar-refractivity contribution in [2.75, 3.05) is 20.5 Å². The van der Waals surface area contributed by atoms with Crippen molar-refractivity contribution in [3.05, 3.63) is 17.7 Å². The fourth-order valence-electron chi connectivity index (χ4n) is 1.84. The lowest BCUT2D eigenvalue weighted by Crippen LogP contribution is -2.05. The van der Waals surface area contributed by atoms with Gasteiger partial charge in [0.05, 0.1) is 14.2 Å². The summed E-state index contributed by atoms with van der Waals surface area (Å²) in [6.07, 6.45) is 2.26. The molecule has 1 aromatic carbocycles. The van der Waals surface area contributed by atoms with Crippen LogP contribution in [0.5, 0.6) is 11.5 Å². The molecule has 0 spiro atoms. The van der Waals surface area contributed by atoms with Crippen molar-refractivity contribution in [1.82, 2.24) is 0 Å². The van der Waals surface area contributed by atoms with E-state index >= 15 is 0 Å². The SMILES string of the molecule is COc1cc(S(C)(=O)=O)c(OC)cc1C(C)CC=O. The van der Waals surface area contributed by atoms with E-state index in [-0.39, 0.29) is 16.6 Å². The van der Waals surface area contributed by atoms with E-state index in [0.717, 1.165) is 18.1 Å². The predicted octanol–water partition coefficient (Wildman–Crippen LogP) is 1.80. The molecule has 0 aromatic heterocycles. The van der Waals surface area contributed by atoms with Gasteiger partial charge < -0.3 is 14.3 Å². The molecular formula is C13H18O5S. The van der Waals surface area contributed by atoms with Crippen molar-refractivity contribution < 1.29 is 22.7 Å². The maximum Gasteiger partial charge on any atom is 0.179 e. The van der Waals surface area contributed by atoms with Crippen LogP contribution in [0, 0.1) is 0 Å². The van der Waals surface area contributed by atoms with Crippen molar-refractivity contribution in [1.29, 1.82) is 0 Å². The van der Waals surface area contributed by atoms with E-state index < -0.39 is 9.84 Å². The maximum absolute atomic E-state index is 11.7. The van der Waals surface area contributed by atoms with E-state index in [0.29, 0.717) is 12.2 Å². The summed E-state index contributed by atoms with van der Waals surface area (Å²) in [7, 11) is -0.537. The van der Waals surface area contributed by atoms with Crippen LogP contribution in [0.15, 0.2) is 17.0 Å². The molecule has 0 N–H and O–H groups in total. The summed E-state index contributed by atoms with van der Waals surface area (Å²) in [6.45, 7) is 1.87. The highest BCUT2D eigenvalue weighted by Crippen LogP contribution is 2.36. The van der Waals surface area contributed by atoms with E-state index in [2.05, 4.69) is 0 Å².